The van der Waals surface area contributed by atoms with E-state index < -0.39 is 71.9 Å². The Hall–Kier alpha value is -2.41. The topological polar surface area (TPSA) is 271 Å². The third-order valence-electron chi connectivity index (χ3n) is 6.38. The molecule has 4 heterocycles. The van der Waals surface area contributed by atoms with E-state index >= 15 is 0 Å². The molecule has 0 spiro atoms. The fourth-order valence-electron chi connectivity index (χ4n) is 4.39. The number of rotatable bonds is 10. The maximum atomic E-state index is 12.4. The Morgan fingerprint density at radius 2 is 1.61 bits per heavy atom. The van der Waals surface area contributed by atoms with Gasteiger partial charge in [0.05, 0.1) is 19.3 Å². The van der Waals surface area contributed by atoms with Crippen molar-refractivity contribution in [3.8, 4) is 11.4 Å². The summed E-state index contributed by atoms with van der Waals surface area (Å²) in [6, 6.07) is 9.01. The molecule has 41 heavy (non-hydrogen) atoms. The van der Waals surface area contributed by atoms with Crippen LogP contribution in [0.15, 0.2) is 36.7 Å². The van der Waals surface area contributed by atoms with Gasteiger partial charge in [0.25, 0.3) is 0 Å². The first-order valence-corrected chi connectivity index (χ1v) is 15.1. The average Bonchev–Trinajstić information content (AvgIpc) is 3.56. The van der Waals surface area contributed by atoms with Crippen LogP contribution in [0.25, 0.3) is 22.6 Å². The summed E-state index contributed by atoms with van der Waals surface area (Å²) in [5, 5.41) is 39.2. The highest BCUT2D eigenvalue weighted by atomic mass is 31.3. The molecule has 2 aromatic heterocycles. The molecular weight excluding hydrogens is 592 g/mol. The number of fused-ring (bicyclic) bond motifs is 1. The molecule has 20 heteroatoms. The minimum Gasteiger partial charge on any atom is -0.390 e. The van der Waals surface area contributed by atoms with Gasteiger partial charge in [-0.3, -0.25) is 13.6 Å². The van der Waals surface area contributed by atoms with Crippen molar-refractivity contribution in [3.63, 3.8) is 0 Å². The number of imidazole rings is 1. The summed E-state index contributed by atoms with van der Waals surface area (Å²) in [6.07, 6.45) is -8.58. The van der Waals surface area contributed by atoms with Crippen molar-refractivity contribution in [2.24, 2.45) is 0 Å². The van der Waals surface area contributed by atoms with Gasteiger partial charge >= 0.3 is 15.6 Å². The Balaban J connectivity index is 1.24. The molecule has 2 aliphatic heterocycles. The largest absolute Gasteiger partial charge is 0.481 e. The zero-order valence-corrected chi connectivity index (χ0v) is 22.7. The fraction of sp³-hybridized carbons (Fsp3) is 0.476. The standard InChI is InChI=1S/C21H27N5O13P2/c22-18-15-20(24-9-23-18)26(19(25-15)10-4-2-1-3-5-10)14-6-11(27)12(37-14)7-35-40(31,32)39-41(33,34)36-8-13-16(28)17(29)21(30)38-13/h1-5,9,11-14,16-17,21,27-30H,6-8H2,(H,31,32)(H,33,34)(H2,22,23,24)/t11-,12+,13+,14+,16+,17-,21+/m0/s1. The smallest absolute Gasteiger partial charge is 0.390 e. The summed E-state index contributed by atoms with van der Waals surface area (Å²) in [5.74, 6) is 0.539. The molecule has 5 rings (SSSR count). The van der Waals surface area contributed by atoms with Crippen LogP contribution < -0.4 is 5.73 Å². The van der Waals surface area contributed by atoms with E-state index in [1.165, 1.54) is 6.33 Å². The Labute approximate surface area is 231 Å². The van der Waals surface area contributed by atoms with Gasteiger partial charge in [-0.1, -0.05) is 30.3 Å². The van der Waals surface area contributed by atoms with Gasteiger partial charge in [-0.2, -0.15) is 4.31 Å². The molecule has 8 N–H and O–H groups in total. The van der Waals surface area contributed by atoms with E-state index in [0.29, 0.717) is 22.6 Å². The lowest BCUT2D eigenvalue weighted by atomic mass is 10.1. The van der Waals surface area contributed by atoms with Crippen LogP contribution in [0.4, 0.5) is 5.82 Å². The number of aromatic nitrogens is 4. The van der Waals surface area contributed by atoms with Gasteiger partial charge in [-0.05, 0) is 0 Å². The number of nitrogen functional groups attached to an aromatic ring is 1. The second-order valence-electron chi connectivity index (χ2n) is 9.19. The Morgan fingerprint density at radius 1 is 0.951 bits per heavy atom. The van der Waals surface area contributed by atoms with Gasteiger partial charge in [0.15, 0.2) is 23.3 Å². The third kappa shape index (κ3) is 6.50. The molecule has 2 fully saturated rings. The average molecular weight is 619 g/mol. The molecule has 0 bridgehead atoms. The number of anilines is 1. The first kappa shape index (κ1) is 30.1. The molecule has 2 aliphatic rings. The summed E-state index contributed by atoms with van der Waals surface area (Å²) < 4.78 is 50.4. The lowest BCUT2D eigenvalue weighted by molar-refractivity contribution is -0.132. The summed E-state index contributed by atoms with van der Waals surface area (Å²) in [7, 11) is -10.5. The van der Waals surface area contributed by atoms with E-state index in [4.69, 9.17) is 19.7 Å². The summed E-state index contributed by atoms with van der Waals surface area (Å²) in [5.41, 5.74) is 7.30. The van der Waals surface area contributed by atoms with E-state index in [1.807, 2.05) is 6.07 Å². The lowest BCUT2D eigenvalue weighted by Crippen LogP contribution is -2.34. The van der Waals surface area contributed by atoms with Crippen molar-refractivity contribution in [1.29, 1.82) is 0 Å². The SMILES string of the molecule is Nc1ncnc2c1nc(-c1ccccc1)n2[C@H]1C[C@H](O)[C@@H](COP(=O)(O)OP(=O)(O)OC[C@H]2O[C@@H](O)[C@@H](O)[C@@H]2O)O1. The van der Waals surface area contributed by atoms with Gasteiger partial charge in [0.2, 0.25) is 0 Å². The molecule has 18 nitrogen and oxygen atoms in total. The molecule has 0 radical (unpaired) electrons. The predicted octanol–water partition coefficient (Wildman–Crippen LogP) is -0.587. The van der Waals surface area contributed by atoms with Gasteiger partial charge in [0.1, 0.15) is 42.8 Å². The number of phosphoric ester groups is 2. The molecule has 2 unspecified atom stereocenters. The molecule has 0 saturated carbocycles. The molecule has 224 valence electrons. The van der Waals surface area contributed by atoms with Gasteiger partial charge < -0.3 is 45.4 Å². The quantitative estimate of drug-likeness (QED) is 0.140. The number of benzene rings is 1. The van der Waals surface area contributed by atoms with Crippen molar-refractivity contribution in [3.05, 3.63) is 36.7 Å². The highest BCUT2D eigenvalue weighted by Gasteiger charge is 2.45. The number of hydrogen-bond acceptors (Lipinski definition) is 15. The molecule has 1 aromatic carbocycles. The number of phosphoric acid groups is 2. The van der Waals surface area contributed by atoms with E-state index in [9.17, 15) is 39.3 Å². The Morgan fingerprint density at radius 3 is 2.24 bits per heavy atom. The highest BCUT2D eigenvalue weighted by molar-refractivity contribution is 7.61. The predicted molar refractivity (Wildman–Crippen MR) is 135 cm³/mol. The first-order chi connectivity index (χ1) is 19.3. The number of aliphatic hydroxyl groups excluding tert-OH is 4. The van der Waals surface area contributed by atoms with Crippen molar-refractivity contribution < 1.29 is 62.2 Å². The number of hydrogen-bond donors (Lipinski definition) is 7. The van der Waals surface area contributed by atoms with E-state index in [0.717, 1.165) is 0 Å². The van der Waals surface area contributed by atoms with Crippen molar-refractivity contribution in [2.75, 3.05) is 18.9 Å². The molecular formula is C21H27N5O13P2. The Bertz CT molecular complexity index is 1480. The second kappa shape index (κ2) is 11.7. The van der Waals surface area contributed by atoms with Crippen molar-refractivity contribution >= 4 is 32.6 Å². The monoisotopic (exact) mass is 619 g/mol. The fourth-order valence-corrected chi connectivity index (χ4v) is 6.48. The van der Waals surface area contributed by atoms with Crippen LogP contribution in [0.2, 0.25) is 0 Å². The van der Waals surface area contributed by atoms with Crippen LogP contribution in [0.3, 0.4) is 0 Å². The van der Waals surface area contributed by atoms with E-state index in [1.54, 1.807) is 28.8 Å². The van der Waals surface area contributed by atoms with Crippen LogP contribution in [0.5, 0.6) is 0 Å². The maximum Gasteiger partial charge on any atom is 0.481 e. The zero-order valence-electron chi connectivity index (χ0n) is 20.9. The molecule has 0 amide bonds. The van der Waals surface area contributed by atoms with Gasteiger partial charge in [-0.15, -0.1) is 0 Å². The zero-order chi connectivity index (χ0) is 29.5. The molecule has 0 aliphatic carbocycles. The first-order valence-electron chi connectivity index (χ1n) is 12.1. The Kier molecular flexibility index (Phi) is 8.58. The number of nitrogens with zero attached hydrogens (tertiary/aromatic N) is 4. The van der Waals surface area contributed by atoms with Crippen LogP contribution >= 0.6 is 15.6 Å². The number of ether oxygens (including phenoxy) is 2. The second-order valence-corrected chi connectivity index (χ2v) is 12.2. The van der Waals surface area contributed by atoms with E-state index in [-0.39, 0.29) is 12.2 Å². The summed E-state index contributed by atoms with van der Waals surface area (Å²) in [4.78, 5) is 32.6. The minimum absolute atomic E-state index is 0.0111. The van der Waals surface area contributed by atoms with Gasteiger partial charge in [-0.25, -0.2) is 24.1 Å². The molecule has 9 atom stereocenters. The normalized spacial score (nSPS) is 31.3. The lowest BCUT2D eigenvalue weighted by Gasteiger charge is -2.21. The van der Waals surface area contributed by atoms with Crippen LogP contribution in [-0.4, -0.2) is 99.8 Å². The van der Waals surface area contributed by atoms with E-state index in [2.05, 4.69) is 23.8 Å². The molecule has 2 saturated heterocycles. The van der Waals surface area contributed by atoms with Crippen LogP contribution in [0.1, 0.15) is 12.6 Å². The van der Waals surface area contributed by atoms with Crippen molar-refractivity contribution in [2.45, 2.75) is 49.5 Å². The highest BCUT2D eigenvalue weighted by Crippen LogP contribution is 2.60. The molecule has 3 aromatic rings. The summed E-state index contributed by atoms with van der Waals surface area (Å²) in [6.45, 7) is -1.62. The third-order valence-corrected chi connectivity index (χ3v) is 8.98. The van der Waals surface area contributed by atoms with Crippen molar-refractivity contribution in [1.82, 2.24) is 19.5 Å². The maximum absolute atomic E-state index is 12.4. The van der Waals surface area contributed by atoms with Gasteiger partial charge in [0, 0.05) is 12.0 Å². The number of nitrogens with two attached hydrogens (primary N) is 1. The summed E-state index contributed by atoms with van der Waals surface area (Å²) >= 11 is 0. The van der Waals surface area contributed by atoms with Crippen LogP contribution in [-0.2, 0) is 32.0 Å². The number of aliphatic hydroxyl groups is 4. The van der Waals surface area contributed by atoms with Crippen LogP contribution in [0, 0.1) is 0 Å². The minimum atomic E-state index is -5.27.